The minimum atomic E-state index is -3.67. The van der Waals surface area contributed by atoms with Crippen LogP contribution in [0.15, 0.2) is 48.0 Å². The molecule has 0 radical (unpaired) electrons. The Bertz CT molecular complexity index is 1280. The lowest BCUT2D eigenvalue weighted by Crippen LogP contribution is -2.10. The maximum Gasteiger partial charge on any atom is 0.337 e. The molecule has 35 heavy (non-hydrogen) atoms. The predicted molar refractivity (Wildman–Crippen MR) is 135 cm³/mol. The van der Waals surface area contributed by atoms with Crippen LogP contribution in [-0.2, 0) is 27.9 Å². The number of allylic oxidation sites excluding steroid dienone is 1. The molecule has 0 saturated heterocycles. The second-order valence-electron chi connectivity index (χ2n) is 7.77. The Kier molecular flexibility index (Phi) is 9.93. The third-order valence-corrected chi connectivity index (χ3v) is 5.86. The summed E-state index contributed by atoms with van der Waals surface area (Å²) < 4.78 is 27.9. The fourth-order valence-corrected chi connectivity index (χ4v) is 4.18. The van der Waals surface area contributed by atoms with E-state index in [0.717, 1.165) is 36.3 Å². The van der Waals surface area contributed by atoms with Gasteiger partial charge in [0.05, 0.1) is 29.3 Å². The summed E-state index contributed by atoms with van der Waals surface area (Å²) in [5, 5.41) is 20.8. The van der Waals surface area contributed by atoms with Crippen molar-refractivity contribution in [2.75, 3.05) is 6.26 Å². The summed E-state index contributed by atoms with van der Waals surface area (Å²) in [6, 6.07) is 10.4. The Morgan fingerprint density at radius 2 is 1.74 bits per heavy atom. The van der Waals surface area contributed by atoms with E-state index < -0.39 is 22.1 Å². The molecule has 0 unspecified atom stereocenters. The number of imidazole rings is 1. The molecular weight excluding hydrogens is 492 g/mol. The third-order valence-electron chi connectivity index (χ3n) is 4.97. The van der Waals surface area contributed by atoms with Gasteiger partial charge in [0.15, 0.2) is 0 Å². The maximum atomic E-state index is 12.0. The van der Waals surface area contributed by atoms with Crippen LogP contribution in [0, 0.1) is 0 Å². The molecule has 11 heteroatoms. The molecule has 0 fully saturated rings. The monoisotopic (exact) mass is 520 g/mol. The Labute approximate surface area is 208 Å². The van der Waals surface area contributed by atoms with Crippen molar-refractivity contribution >= 4 is 44.5 Å². The van der Waals surface area contributed by atoms with Crippen LogP contribution < -0.4 is 0 Å². The number of aromatic carboxylic acids is 1. The summed E-state index contributed by atoms with van der Waals surface area (Å²) in [6.45, 7) is 4.42. The average Bonchev–Trinajstić information content (AvgIpc) is 3.42. The summed E-state index contributed by atoms with van der Waals surface area (Å²) in [4.78, 5) is 28.4. The van der Waals surface area contributed by atoms with Gasteiger partial charge >= 0.3 is 11.9 Å². The van der Waals surface area contributed by atoms with Gasteiger partial charge in [-0.25, -0.2) is 14.6 Å². The average molecular weight is 521 g/mol. The summed E-state index contributed by atoms with van der Waals surface area (Å²) in [7, 11) is -3.67. The minimum absolute atomic E-state index is 0.234. The van der Waals surface area contributed by atoms with Crippen molar-refractivity contribution in [1.29, 1.82) is 0 Å². The normalized spacial score (nSPS) is 11.9. The number of unbranched alkanes of at least 4 members (excludes halogenated alkanes) is 1. The highest BCUT2D eigenvalue weighted by atomic mass is 32.2. The van der Waals surface area contributed by atoms with Crippen molar-refractivity contribution < 1.29 is 32.8 Å². The summed E-state index contributed by atoms with van der Waals surface area (Å²) >= 11 is 1.39. The zero-order valence-corrected chi connectivity index (χ0v) is 21.3. The number of carbonyl (C=O) groups is 2. The first-order chi connectivity index (χ1) is 16.4. The molecule has 0 aliphatic carbocycles. The number of carboxylic acids is 2. The van der Waals surface area contributed by atoms with Crippen molar-refractivity contribution in [2.24, 2.45) is 0 Å². The molecule has 188 valence electrons. The van der Waals surface area contributed by atoms with Gasteiger partial charge < -0.3 is 14.8 Å². The van der Waals surface area contributed by atoms with Crippen molar-refractivity contribution in [2.45, 2.75) is 39.7 Å². The van der Waals surface area contributed by atoms with Gasteiger partial charge in [-0.1, -0.05) is 31.5 Å². The lowest BCUT2D eigenvalue weighted by atomic mass is 10.0. The van der Waals surface area contributed by atoms with E-state index in [2.05, 4.69) is 11.9 Å². The lowest BCUT2D eigenvalue weighted by Gasteiger charge is -2.14. The number of rotatable bonds is 9. The van der Waals surface area contributed by atoms with E-state index in [0.29, 0.717) is 23.3 Å². The quantitative estimate of drug-likeness (QED) is 0.275. The zero-order valence-electron chi connectivity index (χ0n) is 19.6. The van der Waals surface area contributed by atoms with Crippen LogP contribution in [0.4, 0.5) is 0 Å². The molecule has 0 saturated carbocycles. The SMILES string of the molecule is CCCCc1ncc(C(C)=C(C(=O)O)c2cccs2)n1Cc1ccc(C(=O)O)cc1.CS(=O)(=O)O. The molecule has 3 rings (SSSR count). The van der Waals surface area contributed by atoms with Gasteiger partial charge in [-0.2, -0.15) is 8.42 Å². The Morgan fingerprint density at radius 1 is 1.11 bits per heavy atom. The molecule has 1 aromatic carbocycles. The van der Waals surface area contributed by atoms with Gasteiger partial charge in [0.1, 0.15) is 5.82 Å². The zero-order chi connectivity index (χ0) is 26.2. The number of carboxylic acid groups (broad SMARTS) is 2. The number of hydrogen-bond acceptors (Lipinski definition) is 6. The van der Waals surface area contributed by atoms with E-state index in [9.17, 15) is 23.1 Å². The van der Waals surface area contributed by atoms with Crippen molar-refractivity contribution in [3.8, 4) is 0 Å². The summed E-state index contributed by atoms with van der Waals surface area (Å²) in [5.41, 5.74) is 2.85. The lowest BCUT2D eigenvalue weighted by molar-refractivity contribution is -0.130. The topological polar surface area (TPSA) is 147 Å². The first-order valence-electron chi connectivity index (χ1n) is 10.7. The van der Waals surface area contributed by atoms with Gasteiger partial charge in [0.2, 0.25) is 0 Å². The fourth-order valence-electron chi connectivity index (χ4n) is 3.36. The van der Waals surface area contributed by atoms with Gasteiger partial charge in [0, 0.05) is 17.8 Å². The Morgan fingerprint density at radius 3 is 2.23 bits per heavy atom. The fraction of sp³-hybridized carbons (Fsp3) is 0.292. The highest BCUT2D eigenvalue weighted by Gasteiger charge is 2.20. The largest absolute Gasteiger partial charge is 0.478 e. The molecule has 0 aliphatic heterocycles. The van der Waals surface area contributed by atoms with Crippen LogP contribution in [0.1, 0.15) is 59.0 Å². The van der Waals surface area contributed by atoms with Gasteiger partial charge in [-0.3, -0.25) is 4.55 Å². The van der Waals surface area contributed by atoms with Gasteiger partial charge in [-0.15, -0.1) is 11.3 Å². The highest BCUT2D eigenvalue weighted by molar-refractivity contribution is 7.85. The highest BCUT2D eigenvalue weighted by Crippen LogP contribution is 2.30. The molecule has 3 aromatic rings. The molecule has 2 heterocycles. The minimum Gasteiger partial charge on any atom is -0.478 e. The van der Waals surface area contributed by atoms with E-state index in [1.807, 2.05) is 22.9 Å². The van der Waals surface area contributed by atoms with E-state index in [1.54, 1.807) is 36.5 Å². The molecule has 0 bridgehead atoms. The molecule has 9 nitrogen and oxygen atoms in total. The smallest absolute Gasteiger partial charge is 0.337 e. The summed E-state index contributed by atoms with van der Waals surface area (Å²) in [6.07, 6.45) is 5.25. The van der Waals surface area contributed by atoms with E-state index >= 15 is 0 Å². The van der Waals surface area contributed by atoms with Crippen molar-refractivity contribution in [3.05, 3.63) is 75.5 Å². The Hall–Kier alpha value is -3.28. The number of nitrogens with zero attached hydrogens (tertiary/aromatic N) is 2. The number of aliphatic carboxylic acids is 1. The van der Waals surface area contributed by atoms with Gasteiger partial charge in [-0.05, 0) is 48.1 Å². The second-order valence-corrected chi connectivity index (χ2v) is 10.2. The number of hydrogen-bond donors (Lipinski definition) is 3. The molecular formula is C24H28N2O7S2. The van der Waals surface area contributed by atoms with Crippen LogP contribution in [0.5, 0.6) is 0 Å². The van der Waals surface area contributed by atoms with E-state index in [-0.39, 0.29) is 11.1 Å². The van der Waals surface area contributed by atoms with Crippen LogP contribution in [-0.4, -0.2) is 50.9 Å². The van der Waals surface area contributed by atoms with Crippen LogP contribution in [0.2, 0.25) is 0 Å². The van der Waals surface area contributed by atoms with E-state index in [1.165, 1.54) is 11.3 Å². The second kappa shape index (κ2) is 12.4. The molecule has 2 aromatic heterocycles. The van der Waals surface area contributed by atoms with Gasteiger partial charge in [0.25, 0.3) is 10.1 Å². The summed E-state index contributed by atoms with van der Waals surface area (Å²) in [5.74, 6) is -1.04. The molecule has 0 spiro atoms. The number of thiophene rings is 1. The first-order valence-corrected chi connectivity index (χ1v) is 13.4. The van der Waals surface area contributed by atoms with Crippen LogP contribution >= 0.6 is 11.3 Å². The van der Waals surface area contributed by atoms with Crippen LogP contribution in [0.3, 0.4) is 0 Å². The Balaban J connectivity index is 0.000000784. The van der Waals surface area contributed by atoms with Crippen molar-refractivity contribution in [1.82, 2.24) is 9.55 Å². The number of benzene rings is 1. The standard InChI is InChI=1S/C23H24N2O4S.CH4O3S/c1-3-4-7-20-24-13-18(15(2)21(23(28)29)19-6-5-12-30-19)25(20)14-16-8-10-17(11-9-16)22(26)27;1-5(2,3)4/h5-6,8-13H,3-4,7,14H2,1-2H3,(H,26,27)(H,28,29);1H3,(H,2,3,4). The molecule has 0 aliphatic rings. The predicted octanol–water partition coefficient (Wildman–Crippen LogP) is 4.55. The third kappa shape index (κ3) is 8.46. The number of aromatic nitrogens is 2. The van der Waals surface area contributed by atoms with E-state index in [4.69, 9.17) is 9.66 Å². The number of aryl methyl sites for hydroxylation is 1. The molecule has 3 N–H and O–H groups in total. The first kappa shape index (κ1) is 28.0. The molecule has 0 amide bonds. The molecule has 0 atom stereocenters. The van der Waals surface area contributed by atoms with Crippen LogP contribution in [0.25, 0.3) is 11.1 Å². The maximum absolute atomic E-state index is 12.0. The van der Waals surface area contributed by atoms with Crippen molar-refractivity contribution in [3.63, 3.8) is 0 Å².